The highest BCUT2D eigenvalue weighted by atomic mass is 16.4. The Morgan fingerprint density at radius 2 is 2.07 bits per heavy atom. The van der Waals surface area contributed by atoms with Gasteiger partial charge in [-0.1, -0.05) is 30.3 Å². The Balaban J connectivity index is 1.95. The van der Waals surface area contributed by atoms with Gasteiger partial charge in [-0.25, -0.2) is 4.98 Å². The summed E-state index contributed by atoms with van der Waals surface area (Å²) in [5.41, 5.74) is 1.22. The Hall–Kier alpha value is -1.77. The van der Waals surface area contributed by atoms with Gasteiger partial charge in [0, 0.05) is 13.5 Å². The normalized spacial score (nSPS) is 10.1. The SMILES string of the molecule is Cc1ncc(NCc2ccccc2)o1. The van der Waals surface area contributed by atoms with Crippen molar-refractivity contribution >= 4 is 5.88 Å². The summed E-state index contributed by atoms with van der Waals surface area (Å²) in [4.78, 5) is 4.00. The molecule has 2 aromatic rings. The van der Waals surface area contributed by atoms with Crippen molar-refractivity contribution in [2.75, 3.05) is 5.32 Å². The topological polar surface area (TPSA) is 38.1 Å². The van der Waals surface area contributed by atoms with Crippen molar-refractivity contribution < 1.29 is 4.42 Å². The van der Waals surface area contributed by atoms with Gasteiger partial charge >= 0.3 is 0 Å². The second kappa shape index (κ2) is 3.96. The number of hydrogen-bond acceptors (Lipinski definition) is 3. The van der Waals surface area contributed by atoms with Crippen LogP contribution in [0.1, 0.15) is 11.5 Å². The molecule has 0 radical (unpaired) electrons. The fourth-order valence-corrected chi connectivity index (χ4v) is 1.23. The van der Waals surface area contributed by atoms with E-state index < -0.39 is 0 Å². The molecule has 0 fully saturated rings. The van der Waals surface area contributed by atoms with Gasteiger partial charge in [0.25, 0.3) is 0 Å². The number of hydrogen-bond donors (Lipinski definition) is 1. The van der Waals surface area contributed by atoms with Crippen LogP contribution in [0.2, 0.25) is 0 Å². The van der Waals surface area contributed by atoms with Crippen LogP contribution in [0.5, 0.6) is 0 Å². The van der Waals surface area contributed by atoms with Crippen molar-refractivity contribution in [2.45, 2.75) is 13.5 Å². The summed E-state index contributed by atoms with van der Waals surface area (Å²) in [6.45, 7) is 2.59. The molecule has 1 aromatic heterocycles. The molecule has 0 spiro atoms. The lowest BCUT2D eigenvalue weighted by Crippen LogP contribution is -1.97. The van der Waals surface area contributed by atoms with Crippen LogP contribution in [0.15, 0.2) is 40.9 Å². The summed E-state index contributed by atoms with van der Waals surface area (Å²) in [7, 11) is 0. The Labute approximate surface area is 82.8 Å². The molecule has 0 aliphatic heterocycles. The van der Waals surface area contributed by atoms with E-state index in [1.54, 1.807) is 6.20 Å². The maximum atomic E-state index is 5.28. The number of aryl methyl sites for hydroxylation is 1. The highest BCUT2D eigenvalue weighted by Crippen LogP contribution is 2.10. The van der Waals surface area contributed by atoms with Crippen molar-refractivity contribution in [1.29, 1.82) is 0 Å². The van der Waals surface area contributed by atoms with Gasteiger partial charge in [0.05, 0.1) is 6.20 Å². The van der Waals surface area contributed by atoms with Crippen molar-refractivity contribution in [3.63, 3.8) is 0 Å². The average Bonchev–Trinajstić information content (AvgIpc) is 2.63. The van der Waals surface area contributed by atoms with Crippen LogP contribution < -0.4 is 5.32 Å². The molecule has 0 bridgehead atoms. The minimum Gasteiger partial charge on any atom is -0.426 e. The fourth-order valence-electron chi connectivity index (χ4n) is 1.23. The maximum Gasteiger partial charge on any atom is 0.213 e. The standard InChI is InChI=1S/C11H12N2O/c1-9-12-8-11(14-9)13-7-10-5-3-2-4-6-10/h2-6,8,13H,7H2,1H3. The van der Waals surface area contributed by atoms with E-state index in [4.69, 9.17) is 4.42 Å². The van der Waals surface area contributed by atoms with Gasteiger partial charge in [0.15, 0.2) is 5.89 Å². The lowest BCUT2D eigenvalue weighted by molar-refractivity contribution is 0.532. The zero-order chi connectivity index (χ0) is 9.80. The summed E-state index contributed by atoms with van der Waals surface area (Å²) >= 11 is 0. The van der Waals surface area contributed by atoms with Crippen molar-refractivity contribution in [3.05, 3.63) is 48.0 Å². The van der Waals surface area contributed by atoms with Gasteiger partial charge in [0.2, 0.25) is 5.88 Å². The molecule has 3 heteroatoms. The quantitative estimate of drug-likeness (QED) is 0.804. The summed E-state index contributed by atoms with van der Waals surface area (Å²) in [5.74, 6) is 1.40. The first-order valence-corrected chi connectivity index (χ1v) is 4.55. The van der Waals surface area contributed by atoms with E-state index in [1.807, 2.05) is 25.1 Å². The molecule has 2 rings (SSSR count). The Morgan fingerprint density at radius 1 is 1.29 bits per heavy atom. The monoisotopic (exact) mass is 188 g/mol. The predicted molar refractivity (Wildman–Crippen MR) is 55.0 cm³/mol. The summed E-state index contributed by atoms with van der Waals surface area (Å²) < 4.78 is 5.28. The second-order valence-corrected chi connectivity index (χ2v) is 3.08. The van der Waals surface area contributed by atoms with Crippen LogP contribution in [0.4, 0.5) is 5.88 Å². The molecule has 0 amide bonds. The van der Waals surface area contributed by atoms with Crippen molar-refractivity contribution in [3.8, 4) is 0 Å². The lowest BCUT2D eigenvalue weighted by atomic mass is 10.2. The number of anilines is 1. The zero-order valence-electron chi connectivity index (χ0n) is 8.03. The van der Waals surface area contributed by atoms with E-state index in [-0.39, 0.29) is 0 Å². The van der Waals surface area contributed by atoms with Crippen LogP contribution in [-0.2, 0) is 6.54 Å². The molecule has 1 N–H and O–H groups in total. The van der Waals surface area contributed by atoms with E-state index in [1.165, 1.54) is 5.56 Å². The Morgan fingerprint density at radius 3 is 2.71 bits per heavy atom. The summed E-state index contributed by atoms with van der Waals surface area (Å²) in [6.07, 6.45) is 1.69. The molecule has 1 heterocycles. The van der Waals surface area contributed by atoms with E-state index >= 15 is 0 Å². The smallest absolute Gasteiger partial charge is 0.213 e. The third kappa shape index (κ3) is 2.13. The third-order valence-corrected chi connectivity index (χ3v) is 1.93. The number of nitrogens with zero attached hydrogens (tertiary/aromatic N) is 1. The minimum absolute atomic E-state index is 0.681. The van der Waals surface area contributed by atoms with Crippen LogP contribution in [0.3, 0.4) is 0 Å². The number of aromatic nitrogens is 1. The molecular formula is C11H12N2O. The molecule has 14 heavy (non-hydrogen) atoms. The molecule has 0 unspecified atom stereocenters. The number of rotatable bonds is 3. The first kappa shape index (κ1) is 8.81. The van der Waals surface area contributed by atoms with Gasteiger partial charge in [-0.3, -0.25) is 0 Å². The Bertz CT molecular complexity index is 395. The molecule has 0 saturated carbocycles. The van der Waals surface area contributed by atoms with Gasteiger partial charge in [0.1, 0.15) is 0 Å². The maximum absolute atomic E-state index is 5.28. The summed E-state index contributed by atoms with van der Waals surface area (Å²) in [5, 5.41) is 3.15. The third-order valence-electron chi connectivity index (χ3n) is 1.93. The highest BCUT2D eigenvalue weighted by Gasteiger charge is 1.97. The van der Waals surface area contributed by atoms with Crippen LogP contribution in [-0.4, -0.2) is 4.98 Å². The molecule has 72 valence electrons. The second-order valence-electron chi connectivity index (χ2n) is 3.08. The van der Waals surface area contributed by atoms with Crippen molar-refractivity contribution in [1.82, 2.24) is 4.98 Å². The lowest BCUT2D eigenvalue weighted by Gasteiger charge is -2.01. The molecule has 0 atom stereocenters. The Kier molecular flexibility index (Phi) is 2.49. The van der Waals surface area contributed by atoms with E-state index in [0.29, 0.717) is 11.8 Å². The van der Waals surface area contributed by atoms with E-state index in [2.05, 4.69) is 22.4 Å². The predicted octanol–water partition coefficient (Wildman–Crippen LogP) is 2.60. The van der Waals surface area contributed by atoms with Crippen LogP contribution in [0, 0.1) is 6.92 Å². The van der Waals surface area contributed by atoms with E-state index in [9.17, 15) is 0 Å². The molecule has 0 aliphatic rings. The zero-order valence-corrected chi connectivity index (χ0v) is 8.03. The van der Waals surface area contributed by atoms with Crippen LogP contribution in [0.25, 0.3) is 0 Å². The molecule has 1 aromatic carbocycles. The van der Waals surface area contributed by atoms with Gasteiger partial charge in [-0.05, 0) is 5.56 Å². The number of nitrogens with one attached hydrogen (secondary N) is 1. The molecule has 0 saturated heterocycles. The first-order valence-electron chi connectivity index (χ1n) is 4.55. The fraction of sp³-hybridized carbons (Fsp3) is 0.182. The molecular weight excluding hydrogens is 176 g/mol. The average molecular weight is 188 g/mol. The van der Waals surface area contributed by atoms with E-state index in [0.717, 1.165) is 6.54 Å². The largest absolute Gasteiger partial charge is 0.426 e. The van der Waals surface area contributed by atoms with Crippen molar-refractivity contribution in [2.24, 2.45) is 0 Å². The number of benzene rings is 1. The first-order chi connectivity index (χ1) is 6.84. The number of oxazole rings is 1. The van der Waals surface area contributed by atoms with Gasteiger partial charge in [-0.15, -0.1) is 0 Å². The van der Waals surface area contributed by atoms with Gasteiger partial charge < -0.3 is 9.73 Å². The minimum atomic E-state index is 0.681. The molecule has 3 nitrogen and oxygen atoms in total. The van der Waals surface area contributed by atoms with Gasteiger partial charge in [-0.2, -0.15) is 0 Å². The molecule has 0 aliphatic carbocycles. The highest BCUT2D eigenvalue weighted by molar-refractivity contribution is 5.29. The van der Waals surface area contributed by atoms with Crippen LogP contribution >= 0.6 is 0 Å². The summed E-state index contributed by atoms with van der Waals surface area (Å²) in [6, 6.07) is 10.2.